The molecule has 0 radical (unpaired) electrons. The maximum Gasteiger partial charge on any atom is 0.261 e. The second kappa shape index (κ2) is 6.00. The molecule has 2 aromatic rings. The number of aryl methyl sites for hydroxylation is 2. The third-order valence-electron chi connectivity index (χ3n) is 2.61. The average Bonchev–Trinajstić information content (AvgIpc) is 2.37. The molecule has 0 fully saturated rings. The van der Waals surface area contributed by atoms with E-state index >= 15 is 0 Å². The smallest absolute Gasteiger partial charge is 0.261 e. The van der Waals surface area contributed by atoms with Crippen LogP contribution in [0.4, 0.5) is 5.95 Å². The number of carbonyl (C=O) groups is 1. The van der Waals surface area contributed by atoms with E-state index in [-0.39, 0.29) is 11.9 Å². The van der Waals surface area contributed by atoms with Crippen LogP contribution < -0.4 is 10.1 Å². The van der Waals surface area contributed by atoms with Gasteiger partial charge in [-0.15, -0.1) is 0 Å². The average molecular weight is 336 g/mol. The third kappa shape index (κ3) is 3.33. The van der Waals surface area contributed by atoms with Crippen molar-refractivity contribution >= 4 is 27.8 Å². The van der Waals surface area contributed by atoms with Gasteiger partial charge >= 0.3 is 0 Å². The minimum Gasteiger partial charge on any atom is -0.496 e. The van der Waals surface area contributed by atoms with Crippen molar-refractivity contribution in [3.05, 3.63) is 45.7 Å². The highest BCUT2D eigenvalue weighted by Gasteiger charge is 2.14. The van der Waals surface area contributed by atoms with Gasteiger partial charge in [-0.1, -0.05) is 15.9 Å². The van der Waals surface area contributed by atoms with Gasteiger partial charge in [0.1, 0.15) is 5.75 Å². The first kappa shape index (κ1) is 14.5. The van der Waals surface area contributed by atoms with E-state index in [0.717, 1.165) is 15.9 Å². The summed E-state index contributed by atoms with van der Waals surface area (Å²) >= 11 is 3.34. The zero-order valence-corrected chi connectivity index (χ0v) is 13.0. The monoisotopic (exact) mass is 335 g/mol. The fourth-order valence-corrected chi connectivity index (χ4v) is 2.17. The first-order valence-electron chi connectivity index (χ1n) is 5.97. The summed E-state index contributed by atoms with van der Waals surface area (Å²) in [4.78, 5) is 20.6. The highest BCUT2D eigenvalue weighted by Crippen LogP contribution is 2.23. The second-order valence-electron chi connectivity index (χ2n) is 4.27. The van der Waals surface area contributed by atoms with Crippen LogP contribution in [0.3, 0.4) is 0 Å². The number of ether oxygens (including phenoxy) is 1. The van der Waals surface area contributed by atoms with E-state index in [4.69, 9.17) is 4.74 Å². The molecule has 0 atom stereocenters. The van der Waals surface area contributed by atoms with Gasteiger partial charge in [0.2, 0.25) is 5.95 Å². The largest absolute Gasteiger partial charge is 0.496 e. The highest BCUT2D eigenvalue weighted by atomic mass is 79.9. The SMILES string of the molecule is COc1ccc(Br)cc1C(=O)Nc1nc(C)cc(C)n1. The Bertz CT molecular complexity index is 639. The van der Waals surface area contributed by atoms with Crippen molar-refractivity contribution in [2.45, 2.75) is 13.8 Å². The molecule has 0 aliphatic rings. The van der Waals surface area contributed by atoms with Crippen molar-refractivity contribution < 1.29 is 9.53 Å². The topological polar surface area (TPSA) is 64.1 Å². The van der Waals surface area contributed by atoms with Gasteiger partial charge in [-0.25, -0.2) is 9.97 Å². The molecule has 1 heterocycles. The molecule has 0 saturated heterocycles. The lowest BCUT2D eigenvalue weighted by molar-refractivity contribution is 0.102. The lowest BCUT2D eigenvalue weighted by atomic mass is 10.2. The van der Waals surface area contributed by atoms with Gasteiger partial charge in [-0.05, 0) is 38.1 Å². The van der Waals surface area contributed by atoms with Gasteiger partial charge < -0.3 is 4.74 Å². The number of carbonyl (C=O) groups excluding carboxylic acids is 1. The molecule has 0 aliphatic carbocycles. The molecular weight excluding hydrogens is 322 g/mol. The Balaban J connectivity index is 2.30. The van der Waals surface area contributed by atoms with E-state index in [1.165, 1.54) is 7.11 Å². The normalized spacial score (nSPS) is 10.2. The Morgan fingerprint density at radius 2 is 1.85 bits per heavy atom. The Labute approximate surface area is 125 Å². The predicted octanol–water partition coefficient (Wildman–Crippen LogP) is 3.12. The van der Waals surface area contributed by atoms with Crippen LogP contribution in [0, 0.1) is 13.8 Å². The van der Waals surface area contributed by atoms with Crippen molar-refractivity contribution in [3.63, 3.8) is 0 Å². The van der Waals surface area contributed by atoms with Crippen LogP contribution in [-0.2, 0) is 0 Å². The standard InChI is InChI=1S/C14H14BrN3O2/c1-8-6-9(2)17-14(16-8)18-13(19)11-7-10(15)4-5-12(11)20-3/h4-7H,1-3H3,(H,16,17,18,19). The van der Waals surface area contributed by atoms with E-state index in [9.17, 15) is 4.79 Å². The molecule has 1 N–H and O–H groups in total. The zero-order chi connectivity index (χ0) is 14.7. The number of nitrogens with one attached hydrogen (secondary N) is 1. The van der Waals surface area contributed by atoms with E-state index < -0.39 is 0 Å². The number of halogens is 1. The first-order valence-corrected chi connectivity index (χ1v) is 6.76. The Morgan fingerprint density at radius 3 is 2.45 bits per heavy atom. The summed E-state index contributed by atoms with van der Waals surface area (Å²) in [7, 11) is 1.52. The quantitative estimate of drug-likeness (QED) is 0.935. The molecule has 6 heteroatoms. The van der Waals surface area contributed by atoms with Crippen LogP contribution in [0.15, 0.2) is 28.7 Å². The molecule has 0 bridgehead atoms. The number of amides is 1. The van der Waals surface area contributed by atoms with Gasteiger partial charge in [0.05, 0.1) is 12.7 Å². The van der Waals surface area contributed by atoms with Crippen LogP contribution in [0.1, 0.15) is 21.7 Å². The maximum absolute atomic E-state index is 12.3. The lowest BCUT2D eigenvalue weighted by Crippen LogP contribution is -2.16. The van der Waals surface area contributed by atoms with Crippen molar-refractivity contribution in [1.82, 2.24) is 9.97 Å². The minimum absolute atomic E-state index is 0.287. The van der Waals surface area contributed by atoms with Gasteiger partial charge in [0.25, 0.3) is 5.91 Å². The maximum atomic E-state index is 12.3. The number of anilines is 1. The summed E-state index contributed by atoms with van der Waals surface area (Å²) in [6.45, 7) is 3.70. The molecule has 0 spiro atoms. The summed E-state index contributed by atoms with van der Waals surface area (Å²) in [5.74, 6) is 0.470. The van der Waals surface area contributed by atoms with E-state index in [1.54, 1.807) is 12.1 Å². The summed E-state index contributed by atoms with van der Waals surface area (Å²) in [5, 5.41) is 2.68. The van der Waals surface area contributed by atoms with E-state index in [2.05, 4.69) is 31.2 Å². The summed E-state index contributed by atoms with van der Waals surface area (Å²) in [6.07, 6.45) is 0. The van der Waals surface area contributed by atoms with Gasteiger partial charge in [0.15, 0.2) is 0 Å². The lowest BCUT2D eigenvalue weighted by Gasteiger charge is -2.09. The van der Waals surface area contributed by atoms with Gasteiger partial charge in [-0.3, -0.25) is 10.1 Å². The molecule has 0 unspecified atom stereocenters. The van der Waals surface area contributed by atoms with Crippen LogP contribution in [-0.4, -0.2) is 23.0 Å². The van der Waals surface area contributed by atoms with Crippen LogP contribution in [0.25, 0.3) is 0 Å². The Kier molecular flexibility index (Phi) is 4.34. The second-order valence-corrected chi connectivity index (χ2v) is 5.19. The van der Waals surface area contributed by atoms with Crippen LogP contribution in [0.5, 0.6) is 5.75 Å². The molecule has 1 aromatic carbocycles. The van der Waals surface area contributed by atoms with Gasteiger partial charge in [-0.2, -0.15) is 0 Å². The van der Waals surface area contributed by atoms with Crippen molar-refractivity contribution in [2.75, 3.05) is 12.4 Å². The summed E-state index contributed by atoms with van der Waals surface area (Å²) in [5.41, 5.74) is 2.02. The number of benzene rings is 1. The van der Waals surface area contributed by atoms with Crippen LogP contribution in [0.2, 0.25) is 0 Å². The molecule has 104 valence electrons. The minimum atomic E-state index is -0.312. The molecule has 1 amide bonds. The number of hydrogen-bond donors (Lipinski definition) is 1. The first-order chi connectivity index (χ1) is 9.49. The fourth-order valence-electron chi connectivity index (χ4n) is 1.81. The molecule has 0 saturated carbocycles. The zero-order valence-electron chi connectivity index (χ0n) is 11.4. The van der Waals surface area contributed by atoms with Crippen molar-refractivity contribution in [1.29, 1.82) is 0 Å². The highest BCUT2D eigenvalue weighted by molar-refractivity contribution is 9.10. The predicted molar refractivity (Wildman–Crippen MR) is 80.2 cm³/mol. The molecule has 1 aromatic heterocycles. The number of hydrogen-bond acceptors (Lipinski definition) is 4. The molecule has 0 aliphatic heterocycles. The third-order valence-corrected chi connectivity index (χ3v) is 3.11. The van der Waals surface area contributed by atoms with Crippen molar-refractivity contribution in [3.8, 4) is 5.75 Å². The molecule has 5 nitrogen and oxygen atoms in total. The number of rotatable bonds is 3. The molecular formula is C14H14BrN3O2. The van der Waals surface area contributed by atoms with Crippen molar-refractivity contribution in [2.24, 2.45) is 0 Å². The molecule has 2 rings (SSSR count). The number of aromatic nitrogens is 2. The van der Waals surface area contributed by atoms with Gasteiger partial charge in [0, 0.05) is 15.9 Å². The number of nitrogens with zero attached hydrogens (tertiary/aromatic N) is 2. The van der Waals surface area contributed by atoms with E-state index in [1.807, 2.05) is 26.0 Å². The van der Waals surface area contributed by atoms with E-state index in [0.29, 0.717) is 11.3 Å². The number of methoxy groups -OCH3 is 1. The Hall–Kier alpha value is -1.95. The summed E-state index contributed by atoms with van der Waals surface area (Å²) in [6, 6.07) is 7.07. The summed E-state index contributed by atoms with van der Waals surface area (Å²) < 4.78 is 5.98. The fraction of sp³-hybridized carbons (Fsp3) is 0.214. The van der Waals surface area contributed by atoms with Crippen LogP contribution >= 0.6 is 15.9 Å². The molecule has 20 heavy (non-hydrogen) atoms. The Morgan fingerprint density at radius 1 is 1.20 bits per heavy atom.